The van der Waals surface area contributed by atoms with Crippen LogP contribution < -0.4 is 30.8 Å². The predicted octanol–water partition coefficient (Wildman–Crippen LogP) is 1.96. The Morgan fingerprint density at radius 1 is 1.24 bits per heavy atom. The van der Waals surface area contributed by atoms with Gasteiger partial charge in [0, 0.05) is 49.0 Å². The Balaban J connectivity index is 1.66. The van der Waals surface area contributed by atoms with Gasteiger partial charge in [-0.05, 0) is 37.3 Å². The van der Waals surface area contributed by atoms with Crippen LogP contribution in [0.4, 0.5) is 13.2 Å². The van der Waals surface area contributed by atoms with Crippen LogP contribution in [0.2, 0.25) is 0 Å². The monoisotopic (exact) mass is 592 g/mol. The van der Waals surface area contributed by atoms with Crippen molar-refractivity contribution < 1.29 is 42.4 Å². The van der Waals surface area contributed by atoms with E-state index >= 15 is 0 Å². The number of nitrogens with zero attached hydrogens (tertiary/aromatic N) is 2. The van der Waals surface area contributed by atoms with Crippen molar-refractivity contribution in [2.24, 2.45) is 12.8 Å². The fourth-order valence-corrected chi connectivity index (χ4v) is 4.50. The molecule has 1 amide bonds. The molecule has 2 atom stereocenters. The second-order valence-electron chi connectivity index (χ2n) is 10.1. The number of fused-ring (bicyclic) bond motifs is 1. The normalized spacial score (nSPS) is 17.6. The minimum atomic E-state index is -5.20. The van der Waals surface area contributed by atoms with Crippen LogP contribution in [-0.4, -0.2) is 65.3 Å². The van der Waals surface area contributed by atoms with Crippen LogP contribution in [0.5, 0.6) is 17.2 Å². The summed E-state index contributed by atoms with van der Waals surface area (Å²) in [6.07, 6.45) is -4.78. The van der Waals surface area contributed by atoms with Crippen LogP contribution in [0.1, 0.15) is 35.0 Å². The lowest BCUT2D eigenvalue weighted by atomic mass is 9.88. The summed E-state index contributed by atoms with van der Waals surface area (Å²) < 4.78 is 61.0. The van der Waals surface area contributed by atoms with Crippen molar-refractivity contribution in [3.8, 4) is 28.5 Å². The van der Waals surface area contributed by atoms with Crippen molar-refractivity contribution in [1.29, 1.82) is 0 Å². The first-order valence-electron chi connectivity index (χ1n) is 12.9. The van der Waals surface area contributed by atoms with Gasteiger partial charge in [0.1, 0.15) is 18.9 Å². The van der Waals surface area contributed by atoms with Gasteiger partial charge >= 0.3 is 6.18 Å². The summed E-state index contributed by atoms with van der Waals surface area (Å²) in [7, 11) is 2.82. The molecule has 0 aliphatic carbocycles. The van der Waals surface area contributed by atoms with E-state index < -0.39 is 41.9 Å². The fraction of sp³-hybridized carbons (Fsp3) is 0.393. The van der Waals surface area contributed by atoms with Crippen molar-refractivity contribution in [3.63, 3.8) is 0 Å². The number of hydrogen-bond donors (Lipinski definition) is 4. The number of rotatable bonds is 10. The van der Waals surface area contributed by atoms with Crippen LogP contribution in [0.25, 0.3) is 11.3 Å². The number of ether oxygens (including phenoxy) is 3. The van der Waals surface area contributed by atoms with Gasteiger partial charge in [-0.1, -0.05) is 0 Å². The molecule has 5 N–H and O–H groups in total. The van der Waals surface area contributed by atoms with Gasteiger partial charge in [0.15, 0.2) is 17.2 Å². The molecular formula is C28H31F3N4O7. The van der Waals surface area contributed by atoms with E-state index in [1.54, 1.807) is 6.92 Å². The number of nitrogens with two attached hydrogens (primary N) is 1. The highest BCUT2D eigenvalue weighted by molar-refractivity contribution is 5.94. The maximum Gasteiger partial charge on any atom is 0.423 e. The summed E-state index contributed by atoms with van der Waals surface area (Å²) in [5, 5.41) is 22.5. The molecule has 2 unspecified atom stereocenters. The zero-order valence-corrected chi connectivity index (χ0v) is 23.1. The Labute approximate surface area is 238 Å². The van der Waals surface area contributed by atoms with Gasteiger partial charge < -0.3 is 40.0 Å². The van der Waals surface area contributed by atoms with E-state index in [0.717, 1.165) is 6.07 Å². The smallest absolute Gasteiger partial charge is 0.423 e. The number of carbonyl (C=O) groups excluding carboxylic acids is 1. The summed E-state index contributed by atoms with van der Waals surface area (Å²) in [5.74, 6) is -0.117. The van der Waals surface area contributed by atoms with Crippen LogP contribution in [0.15, 0.2) is 47.4 Å². The van der Waals surface area contributed by atoms with Crippen molar-refractivity contribution in [2.45, 2.75) is 30.7 Å². The van der Waals surface area contributed by atoms with E-state index in [0.29, 0.717) is 0 Å². The summed E-state index contributed by atoms with van der Waals surface area (Å²) in [6.45, 7) is 0.712. The maximum absolute atomic E-state index is 14.5. The quantitative estimate of drug-likeness (QED) is 0.276. The van der Waals surface area contributed by atoms with Gasteiger partial charge in [-0.3, -0.25) is 9.59 Å². The van der Waals surface area contributed by atoms with Gasteiger partial charge in [0.2, 0.25) is 11.2 Å². The van der Waals surface area contributed by atoms with Crippen molar-refractivity contribution >= 4 is 5.91 Å². The van der Waals surface area contributed by atoms with Crippen LogP contribution in [0, 0.1) is 0 Å². The van der Waals surface area contributed by atoms with Crippen LogP contribution >= 0.6 is 0 Å². The number of amides is 1. The Hall–Kier alpha value is -4.14. The molecule has 4 rings (SSSR count). The highest BCUT2D eigenvalue weighted by atomic mass is 19.4. The van der Waals surface area contributed by atoms with Crippen LogP contribution in [-0.2, 0) is 18.2 Å². The second-order valence-corrected chi connectivity index (χ2v) is 10.1. The van der Waals surface area contributed by atoms with E-state index in [2.05, 4.69) is 10.3 Å². The number of nitrogens with one attached hydrogen (secondary N) is 1. The highest BCUT2D eigenvalue weighted by Gasteiger charge is 2.56. The van der Waals surface area contributed by atoms with Crippen molar-refractivity contribution in [2.75, 3.05) is 33.5 Å². The first-order chi connectivity index (χ1) is 19.7. The van der Waals surface area contributed by atoms with Gasteiger partial charge in [0.05, 0.1) is 24.9 Å². The molecule has 0 saturated carbocycles. The summed E-state index contributed by atoms with van der Waals surface area (Å²) in [4.78, 5) is 28.8. The largest absolute Gasteiger partial charge is 0.493 e. The third-order valence-electron chi connectivity index (χ3n) is 6.90. The van der Waals surface area contributed by atoms with E-state index in [1.807, 2.05) is 0 Å². The van der Waals surface area contributed by atoms with Gasteiger partial charge in [-0.25, -0.2) is 4.98 Å². The van der Waals surface area contributed by atoms with Crippen molar-refractivity contribution in [3.05, 3.63) is 69.8 Å². The Kier molecular flexibility index (Phi) is 8.53. The van der Waals surface area contributed by atoms with E-state index in [9.17, 15) is 27.9 Å². The Morgan fingerprint density at radius 2 is 1.98 bits per heavy atom. The van der Waals surface area contributed by atoms with E-state index in [1.165, 1.54) is 55.3 Å². The number of carbonyl (C=O) groups is 1. The molecule has 14 heteroatoms. The molecule has 42 heavy (non-hydrogen) atoms. The molecule has 11 nitrogen and oxygen atoms in total. The summed E-state index contributed by atoms with van der Waals surface area (Å²) in [5.41, 5.74) is 1.11. The first kappa shape index (κ1) is 30.8. The minimum Gasteiger partial charge on any atom is -0.493 e. The molecule has 0 radical (unpaired) electrons. The zero-order valence-electron chi connectivity index (χ0n) is 23.1. The highest BCUT2D eigenvalue weighted by Crippen LogP contribution is 2.47. The maximum atomic E-state index is 14.5. The summed E-state index contributed by atoms with van der Waals surface area (Å²) >= 11 is 0. The molecular weight excluding hydrogens is 561 g/mol. The fourth-order valence-electron chi connectivity index (χ4n) is 4.50. The number of hydrogen-bond acceptors (Lipinski definition) is 9. The number of aliphatic hydroxyl groups is 2. The lowest BCUT2D eigenvalue weighted by Gasteiger charge is -2.31. The predicted molar refractivity (Wildman–Crippen MR) is 144 cm³/mol. The van der Waals surface area contributed by atoms with E-state index in [4.69, 9.17) is 25.1 Å². The molecule has 226 valence electrons. The summed E-state index contributed by atoms with van der Waals surface area (Å²) in [6, 6.07) is 7.84. The third kappa shape index (κ3) is 5.91. The minimum absolute atomic E-state index is 0.00575. The standard InChI is InChI=1S/C28H31F3N4O7/c1-26(32)15-42-24-18(26)13-21(34-23(24)17-5-7-22(37)35(2)14-17)27(39,28(29,30)31)8-9-33-25(38)16-4-6-19(41-11-10-36)20(12-16)40-3/h4-7,12-14,36,39H,8-11,15,32H2,1-3H3,(H,33,38). The molecule has 1 aromatic carbocycles. The molecule has 0 spiro atoms. The molecule has 3 aromatic rings. The number of aromatic nitrogens is 2. The number of halogens is 3. The molecule has 0 bridgehead atoms. The average Bonchev–Trinajstić information content (AvgIpc) is 3.26. The SMILES string of the molecule is COc1cc(C(=O)NCCC(O)(c2cc3c(c(-c4ccc(=O)n(C)c4)n2)OCC3(C)N)C(F)(F)F)ccc1OCCO. The van der Waals surface area contributed by atoms with Gasteiger partial charge in [-0.15, -0.1) is 0 Å². The topological polar surface area (TPSA) is 158 Å². The number of aliphatic hydroxyl groups excluding tert-OH is 1. The number of aryl methyl sites for hydroxylation is 1. The molecule has 3 heterocycles. The molecule has 1 aliphatic heterocycles. The molecule has 1 aliphatic rings. The number of pyridine rings is 2. The Morgan fingerprint density at radius 3 is 2.62 bits per heavy atom. The number of benzene rings is 1. The second kappa shape index (κ2) is 11.6. The zero-order chi connectivity index (χ0) is 30.9. The average molecular weight is 593 g/mol. The lowest BCUT2D eigenvalue weighted by Crippen LogP contribution is -2.46. The third-order valence-corrected chi connectivity index (χ3v) is 6.90. The molecule has 0 saturated heterocycles. The van der Waals surface area contributed by atoms with Crippen molar-refractivity contribution in [1.82, 2.24) is 14.9 Å². The molecule has 2 aromatic heterocycles. The van der Waals surface area contributed by atoms with E-state index in [-0.39, 0.29) is 65.0 Å². The first-order valence-corrected chi connectivity index (χ1v) is 12.9. The van der Waals surface area contributed by atoms with Gasteiger partial charge in [-0.2, -0.15) is 13.2 Å². The molecule has 0 fully saturated rings. The lowest BCUT2D eigenvalue weighted by molar-refractivity contribution is -0.270. The van der Waals surface area contributed by atoms with Gasteiger partial charge in [0.25, 0.3) is 5.91 Å². The Bertz CT molecular complexity index is 1540. The number of methoxy groups -OCH3 is 1. The number of alkyl halides is 3. The van der Waals surface area contributed by atoms with Crippen LogP contribution in [0.3, 0.4) is 0 Å².